The lowest BCUT2D eigenvalue weighted by molar-refractivity contribution is 0.100. The van der Waals surface area contributed by atoms with Crippen molar-refractivity contribution in [3.63, 3.8) is 0 Å². The highest BCUT2D eigenvalue weighted by Gasteiger charge is 2.09. The van der Waals surface area contributed by atoms with Crippen molar-refractivity contribution < 1.29 is 18.8 Å². The average Bonchev–Trinajstić information content (AvgIpc) is 1.66. The van der Waals surface area contributed by atoms with E-state index in [0.717, 1.165) is 0 Å². The van der Waals surface area contributed by atoms with Gasteiger partial charge in [0.25, 0.3) is 0 Å². The first kappa shape index (κ1) is 7.94. The lowest BCUT2D eigenvalue weighted by Crippen LogP contribution is -2.05. The van der Waals surface area contributed by atoms with Crippen LogP contribution < -0.4 is 5.90 Å². The first-order chi connectivity index (χ1) is 3.77. The van der Waals surface area contributed by atoms with E-state index < -0.39 is 8.25 Å². The fraction of sp³-hybridized carbons (Fsp3) is 1.00. The Hall–Kier alpha value is -0.0600. The molecule has 0 aromatic rings. The largest absolute Gasteiger partial charge is 0.694 e. The molecule has 0 saturated heterocycles. The van der Waals surface area contributed by atoms with Crippen LogP contribution in [0.2, 0.25) is 0 Å². The molecule has 0 saturated carbocycles. The molecule has 48 valence electrons. The van der Waals surface area contributed by atoms with E-state index in [1.807, 2.05) is 0 Å². The van der Waals surface area contributed by atoms with Crippen LogP contribution in [0.1, 0.15) is 0 Å². The lowest BCUT2D eigenvalue weighted by atomic mass is 10.8. The SMILES string of the molecule is NOCCO[P+](=O)O. The summed E-state index contributed by atoms with van der Waals surface area (Å²) in [5.74, 6) is 4.56. The van der Waals surface area contributed by atoms with Crippen molar-refractivity contribution in [1.82, 2.24) is 0 Å². The van der Waals surface area contributed by atoms with E-state index in [-0.39, 0.29) is 13.2 Å². The third-order valence-electron chi connectivity index (χ3n) is 0.403. The van der Waals surface area contributed by atoms with Crippen molar-refractivity contribution >= 4 is 8.25 Å². The number of hydrogen-bond donors (Lipinski definition) is 2. The van der Waals surface area contributed by atoms with Gasteiger partial charge in [0.15, 0.2) is 0 Å². The van der Waals surface area contributed by atoms with Crippen molar-refractivity contribution in [3.05, 3.63) is 0 Å². The highest BCUT2D eigenvalue weighted by Crippen LogP contribution is 2.12. The van der Waals surface area contributed by atoms with Gasteiger partial charge in [0, 0.05) is 4.57 Å². The Morgan fingerprint density at radius 1 is 1.62 bits per heavy atom. The molecule has 0 aliphatic carbocycles. The summed E-state index contributed by atoms with van der Waals surface area (Å²) in [6, 6.07) is 0. The van der Waals surface area contributed by atoms with E-state index in [0.29, 0.717) is 0 Å². The van der Waals surface area contributed by atoms with Gasteiger partial charge < -0.3 is 4.84 Å². The maximum Gasteiger partial charge on any atom is 0.694 e. The minimum absolute atomic E-state index is 0.0439. The zero-order valence-electron chi connectivity index (χ0n) is 4.11. The van der Waals surface area contributed by atoms with E-state index in [9.17, 15) is 4.57 Å². The Morgan fingerprint density at radius 2 is 2.25 bits per heavy atom. The summed E-state index contributed by atoms with van der Waals surface area (Å²) in [6.07, 6.45) is 0. The number of hydrogen-bond acceptors (Lipinski definition) is 4. The smallest absolute Gasteiger partial charge is 0.302 e. The van der Waals surface area contributed by atoms with Crippen molar-refractivity contribution in [1.29, 1.82) is 0 Å². The summed E-state index contributed by atoms with van der Waals surface area (Å²) in [6.45, 7) is 0.170. The fourth-order valence-electron chi connectivity index (χ4n) is 0.163. The molecule has 6 heteroatoms. The van der Waals surface area contributed by atoms with Gasteiger partial charge in [0.1, 0.15) is 6.61 Å². The highest BCUT2D eigenvalue weighted by atomic mass is 31.1. The Balaban J connectivity index is 2.82. The zero-order valence-corrected chi connectivity index (χ0v) is 5.01. The van der Waals surface area contributed by atoms with Crippen LogP contribution >= 0.6 is 8.25 Å². The third kappa shape index (κ3) is 5.94. The third-order valence-corrected chi connectivity index (χ3v) is 0.806. The van der Waals surface area contributed by atoms with Crippen LogP contribution in [0.4, 0.5) is 0 Å². The van der Waals surface area contributed by atoms with Crippen LogP contribution in [0.25, 0.3) is 0 Å². The average molecular weight is 140 g/mol. The van der Waals surface area contributed by atoms with E-state index in [4.69, 9.17) is 4.89 Å². The van der Waals surface area contributed by atoms with Gasteiger partial charge in [-0.25, -0.2) is 5.90 Å². The van der Waals surface area contributed by atoms with Gasteiger partial charge in [-0.15, -0.1) is 9.42 Å². The van der Waals surface area contributed by atoms with E-state index in [2.05, 4.69) is 15.3 Å². The molecule has 0 heterocycles. The standard InChI is InChI=1S/C2H6NO4P/c3-6-1-2-7-8(4)5/h1-3H2/p+1. The van der Waals surface area contributed by atoms with Crippen LogP contribution in [-0.4, -0.2) is 18.1 Å². The summed E-state index contributed by atoms with van der Waals surface area (Å²) in [4.78, 5) is 12.0. The molecule has 0 rings (SSSR count). The van der Waals surface area contributed by atoms with Gasteiger partial charge in [0.05, 0.1) is 6.61 Å². The number of nitrogens with two attached hydrogens (primary N) is 1. The first-order valence-corrected chi connectivity index (χ1v) is 3.01. The fourth-order valence-corrected chi connectivity index (χ4v) is 0.394. The topological polar surface area (TPSA) is 81.8 Å². The molecule has 0 aliphatic heterocycles. The number of rotatable bonds is 4. The summed E-state index contributed by atoms with van der Waals surface area (Å²) < 4.78 is 13.8. The molecule has 8 heavy (non-hydrogen) atoms. The molecule has 3 N–H and O–H groups in total. The van der Waals surface area contributed by atoms with Crippen LogP contribution in [0, 0.1) is 0 Å². The van der Waals surface area contributed by atoms with E-state index in [1.165, 1.54) is 0 Å². The molecular formula is C2H7NO4P+. The van der Waals surface area contributed by atoms with Crippen molar-refractivity contribution in [2.24, 2.45) is 5.90 Å². The second kappa shape index (κ2) is 5.08. The first-order valence-electron chi connectivity index (χ1n) is 1.88. The normalized spacial score (nSPS) is 11.5. The second-order valence-electron chi connectivity index (χ2n) is 0.942. The van der Waals surface area contributed by atoms with Gasteiger partial charge >= 0.3 is 8.25 Å². The van der Waals surface area contributed by atoms with Crippen LogP contribution in [0.5, 0.6) is 0 Å². The molecule has 0 amide bonds. The van der Waals surface area contributed by atoms with E-state index >= 15 is 0 Å². The summed E-state index contributed by atoms with van der Waals surface area (Å²) in [5.41, 5.74) is 0. The monoisotopic (exact) mass is 140 g/mol. The molecule has 0 aromatic heterocycles. The van der Waals surface area contributed by atoms with E-state index in [1.54, 1.807) is 0 Å². The predicted octanol–water partition coefficient (Wildman–Crippen LogP) is -0.457. The summed E-state index contributed by atoms with van der Waals surface area (Å²) in [5, 5.41) is 0. The Bertz CT molecular complexity index is 76.4. The maximum atomic E-state index is 9.70. The highest BCUT2D eigenvalue weighted by molar-refractivity contribution is 7.32. The summed E-state index contributed by atoms with van der Waals surface area (Å²) >= 11 is 0. The van der Waals surface area contributed by atoms with Crippen molar-refractivity contribution in [3.8, 4) is 0 Å². The molecule has 0 aromatic carbocycles. The van der Waals surface area contributed by atoms with Gasteiger partial charge in [0.2, 0.25) is 0 Å². The van der Waals surface area contributed by atoms with Gasteiger partial charge in [-0.1, -0.05) is 0 Å². The molecule has 0 bridgehead atoms. The minimum atomic E-state index is -2.50. The lowest BCUT2D eigenvalue weighted by Gasteiger charge is -1.86. The summed E-state index contributed by atoms with van der Waals surface area (Å²) in [7, 11) is -2.50. The van der Waals surface area contributed by atoms with Crippen molar-refractivity contribution in [2.45, 2.75) is 0 Å². The molecule has 0 radical (unpaired) electrons. The molecule has 5 nitrogen and oxygen atoms in total. The minimum Gasteiger partial charge on any atom is -0.302 e. The molecule has 1 atom stereocenters. The zero-order chi connectivity index (χ0) is 6.41. The Kier molecular flexibility index (Phi) is 5.05. The van der Waals surface area contributed by atoms with Crippen molar-refractivity contribution in [2.75, 3.05) is 13.2 Å². The predicted molar refractivity (Wildman–Crippen MR) is 25.9 cm³/mol. The Labute approximate surface area is 47.3 Å². The van der Waals surface area contributed by atoms with Gasteiger partial charge in [-0.3, -0.25) is 0 Å². The molecule has 0 aliphatic rings. The molecule has 1 unspecified atom stereocenters. The second-order valence-corrected chi connectivity index (χ2v) is 1.68. The quantitative estimate of drug-likeness (QED) is 0.313. The van der Waals surface area contributed by atoms with Crippen LogP contribution in [0.15, 0.2) is 0 Å². The van der Waals surface area contributed by atoms with Gasteiger partial charge in [-0.2, -0.15) is 0 Å². The molecule has 0 spiro atoms. The molecular weight excluding hydrogens is 133 g/mol. The molecule has 0 fully saturated rings. The van der Waals surface area contributed by atoms with Crippen LogP contribution in [0.3, 0.4) is 0 Å². The Morgan fingerprint density at radius 3 is 2.62 bits per heavy atom. The maximum absolute atomic E-state index is 9.70. The van der Waals surface area contributed by atoms with Gasteiger partial charge in [-0.05, 0) is 0 Å². The van der Waals surface area contributed by atoms with Crippen LogP contribution in [-0.2, 0) is 13.9 Å².